The van der Waals surface area contributed by atoms with E-state index in [0.29, 0.717) is 12.5 Å². The molecule has 0 radical (unpaired) electrons. The van der Waals surface area contributed by atoms with Crippen molar-refractivity contribution in [3.05, 3.63) is 0 Å². The summed E-state index contributed by atoms with van der Waals surface area (Å²) in [4.78, 5) is 12.7. The lowest BCUT2D eigenvalue weighted by molar-refractivity contribution is -0.177. The minimum atomic E-state index is -0.456. The fraction of sp³-hybridized carbons (Fsp3) is 0.938. The SMILES string of the molecule is CCC(COC)(C(=O)OC(C)(C)C)C1CCCCC1. The third kappa shape index (κ3) is 4.20. The lowest BCUT2D eigenvalue weighted by Gasteiger charge is -2.41. The summed E-state index contributed by atoms with van der Waals surface area (Å²) >= 11 is 0. The Kier molecular flexibility index (Phi) is 5.84. The molecular formula is C16H30O3. The first-order valence-electron chi connectivity index (χ1n) is 7.58. The number of ether oxygens (including phenoxy) is 2. The van der Waals surface area contributed by atoms with Crippen molar-refractivity contribution in [1.29, 1.82) is 0 Å². The van der Waals surface area contributed by atoms with E-state index in [0.717, 1.165) is 19.3 Å². The first-order chi connectivity index (χ1) is 8.85. The molecule has 0 spiro atoms. The molecule has 0 heterocycles. The van der Waals surface area contributed by atoms with Crippen LogP contribution in [0.3, 0.4) is 0 Å². The van der Waals surface area contributed by atoms with Crippen molar-refractivity contribution in [3.8, 4) is 0 Å². The summed E-state index contributed by atoms with van der Waals surface area (Å²) in [5.74, 6) is 0.331. The van der Waals surface area contributed by atoms with Crippen LogP contribution in [-0.4, -0.2) is 25.3 Å². The second-order valence-electron chi connectivity index (χ2n) is 6.78. The molecule has 1 fully saturated rings. The number of carbonyl (C=O) groups excluding carboxylic acids is 1. The van der Waals surface area contributed by atoms with Gasteiger partial charge in [0.2, 0.25) is 0 Å². The van der Waals surface area contributed by atoms with Crippen molar-refractivity contribution in [2.75, 3.05) is 13.7 Å². The Hall–Kier alpha value is -0.570. The van der Waals surface area contributed by atoms with Crippen molar-refractivity contribution >= 4 is 5.97 Å². The van der Waals surface area contributed by atoms with Crippen LogP contribution in [0.5, 0.6) is 0 Å². The van der Waals surface area contributed by atoms with Gasteiger partial charge in [-0.1, -0.05) is 26.2 Å². The molecular weight excluding hydrogens is 240 g/mol. The molecule has 1 aliphatic carbocycles. The van der Waals surface area contributed by atoms with Crippen LogP contribution in [-0.2, 0) is 14.3 Å². The molecule has 0 N–H and O–H groups in total. The number of methoxy groups -OCH3 is 1. The molecule has 0 aliphatic heterocycles. The third-order valence-electron chi connectivity index (χ3n) is 4.22. The molecule has 19 heavy (non-hydrogen) atoms. The Morgan fingerprint density at radius 1 is 1.16 bits per heavy atom. The van der Waals surface area contributed by atoms with E-state index >= 15 is 0 Å². The summed E-state index contributed by atoms with van der Waals surface area (Å²) in [5, 5.41) is 0. The Morgan fingerprint density at radius 3 is 2.16 bits per heavy atom. The van der Waals surface area contributed by atoms with E-state index in [1.54, 1.807) is 7.11 Å². The predicted molar refractivity (Wildman–Crippen MR) is 77.0 cm³/mol. The second kappa shape index (κ2) is 6.74. The lowest BCUT2D eigenvalue weighted by atomic mass is 9.67. The van der Waals surface area contributed by atoms with Crippen LogP contribution in [0.25, 0.3) is 0 Å². The number of esters is 1. The highest BCUT2D eigenvalue weighted by atomic mass is 16.6. The highest BCUT2D eigenvalue weighted by Gasteiger charge is 2.46. The number of rotatable bonds is 5. The summed E-state index contributed by atoms with van der Waals surface area (Å²) in [7, 11) is 1.68. The fourth-order valence-corrected chi connectivity index (χ4v) is 3.17. The molecule has 112 valence electrons. The van der Waals surface area contributed by atoms with E-state index in [1.165, 1.54) is 19.3 Å². The molecule has 1 rings (SSSR count). The molecule has 0 aromatic heterocycles. The molecule has 1 saturated carbocycles. The number of hydrogen-bond donors (Lipinski definition) is 0. The van der Waals surface area contributed by atoms with Gasteiger partial charge in [-0.15, -0.1) is 0 Å². The van der Waals surface area contributed by atoms with Gasteiger partial charge >= 0.3 is 5.97 Å². The van der Waals surface area contributed by atoms with E-state index in [2.05, 4.69) is 6.92 Å². The standard InChI is InChI=1S/C16H30O3/c1-6-16(12-18-5,13-10-8-7-9-11-13)14(17)19-15(2,3)4/h13H,6-12H2,1-5H3. The van der Waals surface area contributed by atoms with Gasteiger partial charge in [-0.3, -0.25) is 4.79 Å². The maximum Gasteiger partial charge on any atom is 0.315 e. The maximum absolute atomic E-state index is 12.7. The van der Waals surface area contributed by atoms with Crippen LogP contribution >= 0.6 is 0 Å². The van der Waals surface area contributed by atoms with E-state index < -0.39 is 11.0 Å². The van der Waals surface area contributed by atoms with Gasteiger partial charge in [-0.2, -0.15) is 0 Å². The lowest BCUT2D eigenvalue weighted by Crippen LogP contribution is -2.46. The van der Waals surface area contributed by atoms with Gasteiger partial charge in [0.05, 0.1) is 12.0 Å². The Balaban J connectivity index is 2.92. The van der Waals surface area contributed by atoms with Crippen LogP contribution in [0.2, 0.25) is 0 Å². The summed E-state index contributed by atoms with van der Waals surface area (Å²) in [6.45, 7) is 8.34. The fourth-order valence-electron chi connectivity index (χ4n) is 3.17. The molecule has 0 bridgehead atoms. The minimum absolute atomic E-state index is 0.0729. The molecule has 0 amide bonds. The summed E-state index contributed by atoms with van der Waals surface area (Å²) < 4.78 is 11.1. The third-order valence-corrected chi connectivity index (χ3v) is 4.22. The van der Waals surface area contributed by atoms with Gasteiger partial charge in [-0.25, -0.2) is 0 Å². The van der Waals surface area contributed by atoms with Crippen molar-refractivity contribution in [3.63, 3.8) is 0 Å². The Labute approximate surface area is 118 Å². The molecule has 0 aromatic carbocycles. The molecule has 0 saturated heterocycles. The molecule has 1 atom stereocenters. The average Bonchev–Trinajstić information content (AvgIpc) is 2.35. The molecule has 1 aliphatic rings. The second-order valence-corrected chi connectivity index (χ2v) is 6.78. The summed E-state index contributed by atoms with van der Waals surface area (Å²) in [6, 6.07) is 0. The van der Waals surface area contributed by atoms with Crippen molar-refractivity contribution in [2.24, 2.45) is 11.3 Å². The summed E-state index contributed by atoms with van der Waals surface area (Å²) in [6.07, 6.45) is 6.77. The smallest absolute Gasteiger partial charge is 0.315 e. The average molecular weight is 270 g/mol. The largest absolute Gasteiger partial charge is 0.459 e. The molecule has 0 aromatic rings. The topological polar surface area (TPSA) is 35.5 Å². The quantitative estimate of drug-likeness (QED) is 0.710. The van der Waals surface area contributed by atoms with E-state index in [9.17, 15) is 4.79 Å². The van der Waals surface area contributed by atoms with Crippen molar-refractivity contribution in [1.82, 2.24) is 0 Å². The van der Waals surface area contributed by atoms with E-state index in [-0.39, 0.29) is 5.97 Å². The normalized spacial score (nSPS) is 20.9. The zero-order valence-electron chi connectivity index (χ0n) is 13.3. The Bertz CT molecular complexity index is 287. The van der Waals surface area contributed by atoms with E-state index in [1.807, 2.05) is 20.8 Å². The van der Waals surface area contributed by atoms with Gasteiger partial charge in [-0.05, 0) is 46.0 Å². The number of carbonyl (C=O) groups is 1. The van der Waals surface area contributed by atoms with Gasteiger partial charge in [0, 0.05) is 7.11 Å². The van der Waals surface area contributed by atoms with Gasteiger partial charge in [0.25, 0.3) is 0 Å². The molecule has 1 unspecified atom stereocenters. The van der Waals surface area contributed by atoms with Crippen LogP contribution in [0.4, 0.5) is 0 Å². The Morgan fingerprint density at radius 2 is 1.74 bits per heavy atom. The van der Waals surface area contributed by atoms with Gasteiger partial charge in [0.1, 0.15) is 5.60 Å². The van der Waals surface area contributed by atoms with Crippen LogP contribution in [0.15, 0.2) is 0 Å². The first kappa shape index (κ1) is 16.5. The van der Waals surface area contributed by atoms with Gasteiger partial charge in [0.15, 0.2) is 0 Å². The number of hydrogen-bond acceptors (Lipinski definition) is 3. The monoisotopic (exact) mass is 270 g/mol. The van der Waals surface area contributed by atoms with Crippen molar-refractivity contribution < 1.29 is 14.3 Å². The molecule has 3 nitrogen and oxygen atoms in total. The molecule has 3 heteroatoms. The van der Waals surface area contributed by atoms with Crippen LogP contribution < -0.4 is 0 Å². The zero-order chi connectivity index (χ0) is 14.5. The first-order valence-corrected chi connectivity index (χ1v) is 7.58. The van der Waals surface area contributed by atoms with Crippen LogP contribution in [0.1, 0.15) is 66.2 Å². The predicted octanol–water partition coefficient (Wildman–Crippen LogP) is 3.95. The highest BCUT2D eigenvalue weighted by Crippen LogP contribution is 2.43. The summed E-state index contributed by atoms with van der Waals surface area (Å²) in [5.41, 5.74) is -0.887. The van der Waals surface area contributed by atoms with Crippen molar-refractivity contribution in [2.45, 2.75) is 71.8 Å². The van der Waals surface area contributed by atoms with E-state index in [4.69, 9.17) is 9.47 Å². The zero-order valence-corrected chi connectivity index (χ0v) is 13.3. The van der Waals surface area contributed by atoms with Crippen LogP contribution in [0, 0.1) is 11.3 Å². The van der Waals surface area contributed by atoms with Gasteiger partial charge < -0.3 is 9.47 Å². The minimum Gasteiger partial charge on any atom is -0.459 e. The highest BCUT2D eigenvalue weighted by molar-refractivity contribution is 5.78. The maximum atomic E-state index is 12.7.